The van der Waals surface area contributed by atoms with Gasteiger partial charge in [0.25, 0.3) is 0 Å². The van der Waals surface area contributed by atoms with E-state index in [0.717, 1.165) is 0 Å². The van der Waals surface area contributed by atoms with Crippen LogP contribution < -0.4 is 11.1 Å². The van der Waals surface area contributed by atoms with Gasteiger partial charge in [-0.05, 0) is 6.92 Å². The van der Waals surface area contributed by atoms with Crippen LogP contribution in [-0.2, 0) is 14.3 Å². The number of nitrogens with two attached hydrogens (primary N) is 1. The van der Waals surface area contributed by atoms with E-state index in [1.165, 1.54) is 0 Å². The van der Waals surface area contributed by atoms with E-state index in [0.29, 0.717) is 32.8 Å². The van der Waals surface area contributed by atoms with E-state index in [2.05, 4.69) is 5.32 Å². The lowest BCUT2D eigenvalue weighted by molar-refractivity contribution is -0.138. The van der Waals surface area contributed by atoms with Crippen LogP contribution in [0.3, 0.4) is 0 Å². The Morgan fingerprint density at radius 3 is 2.94 bits per heavy atom. The highest BCUT2D eigenvalue weighted by Crippen LogP contribution is 2.04. The number of nitrogens with zero attached hydrogens (tertiary/aromatic N) is 1. The van der Waals surface area contributed by atoms with Crippen molar-refractivity contribution in [2.24, 2.45) is 5.73 Å². The Bertz CT molecular complexity index is 263. The Balaban J connectivity index is 0.00000256. The van der Waals surface area contributed by atoms with Gasteiger partial charge in [-0.3, -0.25) is 9.59 Å². The summed E-state index contributed by atoms with van der Waals surface area (Å²) in [6.45, 7) is 5.01. The van der Waals surface area contributed by atoms with Crippen molar-refractivity contribution in [3.8, 4) is 0 Å². The van der Waals surface area contributed by atoms with Crippen LogP contribution in [0, 0.1) is 0 Å². The molecule has 2 amide bonds. The number of ether oxygens (including phenoxy) is 1. The third-order valence-corrected chi connectivity index (χ3v) is 2.50. The lowest BCUT2D eigenvalue weighted by atomic mass is 10.1. The maximum Gasteiger partial charge on any atom is 0.240 e. The summed E-state index contributed by atoms with van der Waals surface area (Å²) in [6, 6.07) is -0.465. The number of nitrogens with one attached hydrogen (secondary N) is 1. The van der Waals surface area contributed by atoms with Gasteiger partial charge < -0.3 is 20.7 Å². The standard InChI is InChI=1S/C10H19N3O3.ClH/c1-2-16-6-5-13-4-3-12-8(10(13)15)7-9(11)14;/h8,12H,2-7H2,1H3,(H2,11,14);1H. The molecule has 1 aliphatic heterocycles. The molecular weight excluding hydrogens is 246 g/mol. The average Bonchev–Trinajstić information content (AvgIpc) is 2.23. The number of amides is 2. The first-order chi connectivity index (χ1) is 7.65. The SMILES string of the molecule is CCOCCN1CCNC(CC(N)=O)C1=O.Cl. The molecule has 1 aliphatic rings. The van der Waals surface area contributed by atoms with Crippen LogP contribution in [0.15, 0.2) is 0 Å². The highest BCUT2D eigenvalue weighted by molar-refractivity contribution is 5.88. The minimum Gasteiger partial charge on any atom is -0.380 e. The Morgan fingerprint density at radius 1 is 1.65 bits per heavy atom. The first-order valence-corrected chi connectivity index (χ1v) is 5.53. The predicted octanol–water partition coefficient (Wildman–Crippen LogP) is -0.879. The second-order valence-corrected chi connectivity index (χ2v) is 3.70. The van der Waals surface area contributed by atoms with Crippen molar-refractivity contribution in [2.45, 2.75) is 19.4 Å². The first-order valence-electron chi connectivity index (χ1n) is 5.53. The van der Waals surface area contributed by atoms with Crippen LogP contribution in [0.5, 0.6) is 0 Å². The second kappa shape index (κ2) is 8.27. The third-order valence-electron chi connectivity index (χ3n) is 2.50. The monoisotopic (exact) mass is 265 g/mol. The van der Waals surface area contributed by atoms with Crippen molar-refractivity contribution in [3.63, 3.8) is 0 Å². The molecule has 6 nitrogen and oxygen atoms in total. The summed E-state index contributed by atoms with van der Waals surface area (Å²) < 4.78 is 5.19. The summed E-state index contributed by atoms with van der Waals surface area (Å²) in [4.78, 5) is 24.3. The number of hydrogen-bond acceptors (Lipinski definition) is 4. The molecule has 0 aromatic heterocycles. The lowest BCUT2D eigenvalue weighted by Crippen LogP contribution is -2.56. The Hall–Kier alpha value is -0.850. The molecule has 1 heterocycles. The van der Waals surface area contributed by atoms with Crippen LogP contribution in [-0.4, -0.2) is 55.6 Å². The molecule has 0 aromatic carbocycles. The second-order valence-electron chi connectivity index (χ2n) is 3.70. The third kappa shape index (κ3) is 5.34. The molecule has 1 atom stereocenters. The van der Waals surface area contributed by atoms with Gasteiger partial charge in [0.15, 0.2) is 0 Å². The lowest BCUT2D eigenvalue weighted by Gasteiger charge is -2.32. The zero-order valence-corrected chi connectivity index (χ0v) is 10.8. The summed E-state index contributed by atoms with van der Waals surface area (Å²) >= 11 is 0. The number of hydrogen-bond donors (Lipinski definition) is 2. The van der Waals surface area contributed by atoms with Crippen molar-refractivity contribution in [1.29, 1.82) is 0 Å². The molecule has 0 saturated carbocycles. The zero-order valence-electron chi connectivity index (χ0n) is 9.98. The molecule has 100 valence electrons. The van der Waals surface area contributed by atoms with Crippen molar-refractivity contribution in [1.82, 2.24) is 10.2 Å². The highest BCUT2D eigenvalue weighted by Gasteiger charge is 2.28. The molecule has 1 unspecified atom stereocenters. The molecule has 1 fully saturated rings. The topological polar surface area (TPSA) is 84.7 Å². The van der Waals surface area contributed by atoms with Gasteiger partial charge in [0.05, 0.1) is 19.1 Å². The van der Waals surface area contributed by atoms with Crippen molar-refractivity contribution in [3.05, 3.63) is 0 Å². The summed E-state index contributed by atoms with van der Waals surface area (Å²) in [6.07, 6.45) is 0.0595. The van der Waals surface area contributed by atoms with E-state index < -0.39 is 11.9 Å². The molecule has 0 bridgehead atoms. The summed E-state index contributed by atoms with van der Waals surface area (Å²) in [5, 5.41) is 2.99. The minimum atomic E-state index is -0.465. The molecule has 17 heavy (non-hydrogen) atoms. The van der Waals surface area contributed by atoms with E-state index in [-0.39, 0.29) is 24.7 Å². The van der Waals surface area contributed by atoms with E-state index in [1.54, 1.807) is 4.90 Å². The fourth-order valence-electron chi connectivity index (χ4n) is 1.69. The fourth-order valence-corrected chi connectivity index (χ4v) is 1.69. The van der Waals surface area contributed by atoms with Crippen LogP contribution in [0.25, 0.3) is 0 Å². The number of carbonyl (C=O) groups is 2. The number of primary amides is 1. The maximum absolute atomic E-state index is 11.9. The van der Waals surface area contributed by atoms with Gasteiger partial charge in [0.2, 0.25) is 11.8 Å². The summed E-state index contributed by atoms with van der Waals surface area (Å²) in [5.41, 5.74) is 5.08. The van der Waals surface area contributed by atoms with E-state index >= 15 is 0 Å². The number of carbonyl (C=O) groups excluding carboxylic acids is 2. The quantitative estimate of drug-likeness (QED) is 0.611. The molecule has 0 spiro atoms. The number of halogens is 1. The normalized spacial score (nSPS) is 19.9. The minimum absolute atomic E-state index is 0. The largest absolute Gasteiger partial charge is 0.380 e. The van der Waals surface area contributed by atoms with Gasteiger partial charge in [-0.25, -0.2) is 0 Å². The van der Waals surface area contributed by atoms with Crippen molar-refractivity contribution < 1.29 is 14.3 Å². The molecule has 3 N–H and O–H groups in total. The Kier molecular flexibility index (Phi) is 7.86. The van der Waals surface area contributed by atoms with E-state index in [4.69, 9.17) is 10.5 Å². The molecular formula is C10H20ClN3O3. The van der Waals surface area contributed by atoms with Crippen LogP contribution >= 0.6 is 12.4 Å². The highest BCUT2D eigenvalue weighted by atomic mass is 35.5. The van der Waals surface area contributed by atoms with Gasteiger partial charge in [0.1, 0.15) is 0 Å². The van der Waals surface area contributed by atoms with Crippen LogP contribution in [0.1, 0.15) is 13.3 Å². The number of piperazine rings is 1. The predicted molar refractivity (Wildman–Crippen MR) is 65.9 cm³/mol. The molecule has 0 aromatic rings. The molecule has 7 heteroatoms. The van der Waals surface area contributed by atoms with E-state index in [9.17, 15) is 9.59 Å². The van der Waals surface area contributed by atoms with Crippen molar-refractivity contribution >= 4 is 24.2 Å². The van der Waals surface area contributed by atoms with Gasteiger partial charge >= 0.3 is 0 Å². The first kappa shape index (κ1) is 16.1. The zero-order chi connectivity index (χ0) is 12.0. The van der Waals surface area contributed by atoms with Crippen LogP contribution in [0.4, 0.5) is 0 Å². The average molecular weight is 266 g/mol. The number of rotatable bonds is 6. The summed E-state index contributed by atoms with van der Waals surface area (Å²) in [7, 11) is 0. The van der Waals surface area contributed by atoms with Gasteiger partial charge in [-0.15, -0.1) is 12.4 Å². The molecule has 0 aliphatic carbocycles. The maximum atomic E-state index is 11.9. The summed E-state index contributed by atoms with van der Waals surface area (Å²) in [5.74, 6) is -0.526. The van der Waals surface area contributed by atoms with Crippen LogP contribution in [0.2, 0.25) is 0 Å². The molecule has 1 rings (SSSR count). The fraction of sp³-hybridized carbons (Fsp3) is 0.800. The Morgan fingerprint density at radius 2 is 2.35 bits per heavy atom. The van der Waals surface area contributed by atoms with Crippen molar-refractivity contribution in [2.75, 3.05) is 32.8 Å². The molecule has 0 radical (unpaired) electrons. The molecule has 1 saturated heterocycles. The van der Waals surface area contributed by atoms with Gasteiger partial charge in [-0.1, -0.05) is 0 Å². The Labute approximate surface area is 107 Å². The van der Waals surface area contributed by atoms with Gasteiger partial charge in [0, 0.05) is 26.2 Å². The van der Waals surface area contributed by atoms with Gasteiger partial charge in [-0.2, -0.15) is 0 Å². The van der Waals surface area contributed by atoms with E-state index in [1.807, 2.05) is 6.92 Å². The smallest absolute Gasteiger partial charge is 0.240 e.